The maximum atomic E-state index is 12.1. The maximum Gasteiger partial charge on any atom is 0.407 e. The summed E-state index contributed by atoms with van der Waals surface area (Å²) < 4.78 is 5.23. The van der Waals surface area contributed by atoms with E-state index in [2.05, 4.69) is 15.2 Å². The van der Waals surface area contributed by atoms with Crippen LogP contribution >= 0.6 is 11.3 Å². The highest BCUT2D eigenvalue weighted by Crippen LogP contribution is 2.18. The molecule has 2 heterocycles. The second-order valence-electron chi connectivity index (χ2n) is 6.41. The highest BCUT2D eigenvalue weighted by molar-refractivity contribution is 7.11. The zero-order valence-corrected chi connectivity index (χ0v) is 14.1. The molecule has 6 nitrogen and oxygen atoms in total. The van der Waals surface area contributed by atoms with Gasteiger partial charge in [-0.3, -0.25) is 9.69 Å². The minimum absolute atomic E-state index is 0.0409. The van der Waals surface area contributed by atoms with Crippen molar-refractivity contribution >= 4 is 23.2 Å². The first-order chi connectivity index (χ1) is 10.3. The van der Waals surface area contributed by atoms with Crippen LogP contribution < -0.4 is 5.32 Å². The van der Waals surface area contributed by atoms with Gasteiger partial charge >= 0.3 is 6.09 Å². The molecule has 122 valence electrons. The van der Waals surface area contributed by atoms with Gasteiger partial charge in [0.15, 0.2) is 5.01 Å². The summed E-state index contributed by atoms with van der Waals surface area (Å²) in [6.07, 6.45) is 3.24. The molecule has 22 heavy (non-hydrogen) atoms. The maximum absolute atomic E-state index is 12.1. The summed E-state index contributed by atoms with van der Waals surface area (Å²) in [5.41, 5.74) is -0.500. The van der Waals surface area contributed by atoms with Crippen molar-refractivity contribution in [3.05, 3.63) is 16.6 Å². The van der Waals surface area contributed by atoms with Gasteiger partial charge in [0.2, 0.25) is 5.78 Å². The monoisotopic (exact) mass is 325 g/mol. The Morgan fingerprint density at radius 1 is 1.50 bits per heavy atom. The van der Waals surface area contributed by atoms with Gasteiger partial charge in [-0.1, -0.05) is 0 Å². The predicted molar refractivity (Wildman–Crippen MR) is 85.3 cm³/mol. The van der Waals surface area contributed by atoms with Crippen LogP contribution in [-0.4, -0.2) is 53.0 Å². The quantitative estimate of drug-likeness (QED) is 0.841. The third kappa shape index (κ3) is 5.06. The van der Waals surface area contributed by atoms with Gasteiger partial charge in [0.25, 0.3) is 0 Å². The highest BCUT2D eigenvalue weighted by Gasteiger charge is 2.28. The van der Waals surface area contributed by atoms with Gasteiger partial charge in [-0.2, -0.15) is 0 Å². The second kappa shape index (κ2) is 7.19. The number of carbonyl (C=O) groups excluding carboxylic acids is 2. The molecule has 0 aliphatic carbocycles. The molecule has 1 saturated heterocycles. The zero-order valence-electron chi connectivity index (χ0n) is 13.3. The molecule has 0 spiro atoms. The van der Waals surface area contributed by atoms with Gasteiger partial charge in [0.05, 0.1) is 6.54 Å². The third-order valence-electron chi connectivity index (χ3n) is 3.40. The molecule has 1 aliphatic heterocycles. The Bertz CT molecular complexity index is 511. The number of hydrogen-bond donors (Lipinski definition) is 1. The molecule has 1 aliphatic rings. The van der Waals surface area contributed by atoms with Crippen molar-refractivity contribution in [1.82, 2.24) is 15.2 Å². The van der Waals surface area contributed by atoms with Crippen LogP contribution in [0.4, 0.5) is 4.79 Å². The lowest BCUT2D eigenvalue weighted by Crippen LogP contribution is -2.43. The molecular weight excluding hydrogens is 302 g/mol. The molecule has 0 unspecified atom stereocenters. The van der Waals surface area contributed by atoms with Crippen LogP contribution in [0.2, 0.25) is 0 Å². The predicted octanol–water partition coefficient (Wildman–Crippen LogP) is 2.31. The van der Waals surface area contributed by atoms with Gasteiger partial charge in [0, 0.05) is 24.2 Å². The summed E-state index contributed by atoms with van der Waals surface area (Å²) in [7, 11) is 0. The number of thiazole rings is 1. The first-order valence-corrected chi connectivity index (χ1v) is 8.37. The Labute approximate surface area is 134 Å². The van der Waals surface area contributed by atoms with Crippen molar-refractivity contribution in [1.29, 1.82) is 0 Å². The number of ether oxygens (including phenoxy) is 1. The van der Waals surface area contributed by atoms with E-state index in [4.69, 9.17) is 4.74 Å². The van der Waals surface area contributed by atoms with Crippen molar-refractivity contribution in [2.24, 2.45) is 0 Å². The van der Waals surface area contributed by atoms with Crippen molar-refractivity contribution in [3.63, 3.8) is 0 Å². The van der Waals surface area contributed by atoms with E-state index in [-0.39, 0.29) is 11.8 Å². The molecule has 0 radical (unpaired) electrons. The van der Waals surface area contributed by atoms with Crippen LogP contribution in [0.25, 0.3) is 0 Å². The first kappa shape index (κ1) is 16.9. The molecule has 1 N–H and O–H groups in total. The van der Waals surface area contributed by atoms with Gasteiger partial charge in [-0.05, 0) is 40.2 Å². The average Bonchev–Trinajstić information content (AvgIpc) is 3.05. The third-order valence-corrected chi connectivity index (χ3v) is 4.21. The number of carbonyl (C=O) groups is 2. The van der Waals surface area contributed by atoms with Crippen molar-refractivity contribution in [2.45, 2.75) is 45.3 Å². The summed E-state index contributed by atoms with van der Waals surface area (Å²) in [5.74, 6) is 0.0409. The number of aromatic nitrogens is 1. The Kier molecular flexibility index (Phi) is 5.52. The summed E-state index contributed by atoms with van der Waals surface area (Å²) in [6, 6.07) is 0.177. The Hall–Kier alpha value is -1.47. The standard InChI is InChI=1S/C15H23N3O3S/c1-15(2,3)21-14(20)17-9-11-5-4-7-18(11)10-12(19)13-16-6-8-22-13/h6,8,11H,4-5,7,9-10H2,1-3H3,(H,17,20)/t11-/m1/s1. The number of amides is 1. The number of nitrogens with zero attached hydrogens (tertiary/aromatic N) is 2. The topological polar surface area (TPSA) is 71.5 Å². The number of nitrogens with one attached hydrogen (secondary N) is 1. The molecule has 1 aromatic rings. The second-order valence-corrected chi connectivity index (χ2v) is 7.30. The minimum Gasteiger partial charge on any atom is -0.444 e. The lowest BCUT2D eigenvalue weighted by atomic mass is 10.2. The Morgan fingerprint density at radius 3 is 2.91 bits per heavy atom. The number of alkyl carbamates (subject to hydrolysis) is 1. The van der Waals surface area contributed by atoms with Crippen LogP contribution in [-0.2, 0) is 4.74 Å². The van der Waals surface area contributed by atoms with Crippen molar-refractivity contribution in [2.75, 3.05) is 19.6 Å². The van der Waals surface area contributed by atoms with Gasteiger partial charge in [-0.25, -0.2) is 9.78 Å². The van der Waals surface area contributed by atoms with E-state index in [0.717, 1.165) is 19.4 Å². The average molecular weight is 325 g/mol. The molecular formula is C15H23N3O3S. The number of ketones is 1. The molecule has 2 rings (SSSR count). The molecule has 1 aromatic heterocycles. The number of rotatable bonds is 5. The summed E-state index contributed by atoms with van der Waals surface area (Å²) >= 11 is 1.36. The molecule has 1 atom stereocenters. The lowest BCUT2D eigenvalue weighted by molar-refractivity contribution is 0.0514. The molecule has 0 saturated carbocycles. The van der Waals surface area contributed by atoms with Gasteiger partial charge < -0.3 is 10.1 Å². The van der Waals surface area contributed by atoms with Gasteiger partial charge in [-0.15, -0.1) is 11.3 Å². The smallest absolute Gasteiger partial charge is 0.407 e. The molecule has 1 amide bonds. The Morgan fingerprint density at radius 2 is 2.27 bits per heavy atom. The van der Waals surface area contributed by atoms with E-state index in [1.54, 1.807) is 11.6 Å². The van der Waals surface area contributed by atoms with E-state index in [0.29, 0.717) is 18.1 Å². The SMILES string of the molecule is CC(C)(C)OC(=O)NC[C@H]1CCCN1CC(=O)c1nccs1. The largest absolute Gasteiger partial charge is 0.444 e. The summed E-state index contributed by atoms with van der Waals surface area (Å²) in [5, 5.41) is 5.14. The summed E-state index contributed by atoms with van der Waals surface area (Å²) in [6.45, 7) is 7.23. The fourth-order valence-electron chi connectivity index (χ4n) is 2.46. The van der Waals surface area contributed by atoms with E-state index in [9.17, 15) is 9.59 Å². The molecule has 1 fully saturated rings. The van der Waals surface area contributed by atoms with E-state index < -0.39 is 11.7 Å². The molecule has 0 bridgehead atoms. The first-order valence-electron chi connectivity index (χ1n) is 7.49. The van der Waals surface area contributed by atoms with Crippen LogP contribution in [0.5, 0.6) is 0 Å². The normalized spacial score (nSPS) is 19.1. The van der Waals surface area contributed by atoms with E-state index >= 15 is 0 Å². The lowest BCUT2D eigenvalue weighted by Gasteiger charge is -2.25. The Balaban J connectivity index is 1.81. The number of hydrogen-bond acceptors (Lipinski definition) is 6. The molecule has 0 aromatic carbocycles. The zero-order chi connectivity index (χ0) is 16.2. The number of likely N-dealkylation sites (tertiary alicyclic amines) is 1. The number of Topliss-reactive ketones (excluding diaryl/α,β-unsaturated/α-hetero) is 1. The molecule has 7 heteroatoms. The van der Waals surface area contributed by atoms with Crippen molar-refractivity contribution in [3.8, 4) is 0 Å². The minimum atomic E-state index is -0.500. The van der Waals surface area contributed by atoms with E-state index in [1.165, 1.54) is 11.3 Å². The van der Waals surface area contributed by atoms with Gasteiger partial charge in [0.1, 0.15) is 5.60 Å². The highest BCUT2D eigenvalue weighted by atomic mass is 32.1. The van der Waals surface area contributed by atoms with E-state index in [1.807, 2.05) is 20.8 Å². The fourth-order valence-corrected chi connectivity index (χ4v) is 3.03. The summed E-state index contributed by atoms with van der Waals surface area (Å²) in [4.78, 5) is 30.0. The fraction of sp³-hybridized carbons (Fsp3) is 0.667. The van der Waals surface area contributed by atoms with Crippen LogP contribution in [0.3, 0.4) is 0 Å². The van der Waals surface area contributed by atoms with Crippen LogP contribution in [0.1, 0.15) is 43.4 Å². The van der Waals surface area contributed by atoms with Crippen LogP contribution in [0, 0.1) is 0 Å². The van der Waals surface area contributed by atoms with Crippen LogP contribution in [0.15, 0.2) is 11.6 Å². The van der Waals surface area contributed by atoms with Crippen molar-refractivity contribution < 1.29 is 14.3 Å².